The Morgan fingerprint density at radius 2 is 1.81 bits per heavy atom. The average Bonchev–Trinajstić information content (AvgIpc) is 3.38. The summed E-state index contributed by atoms with van der Waals surface area (Å²) in [5.74, 6) is 2.13. The highest BCUT2D eigenvalue weighted by Crippen LogP contribution is 2.35. The molecule has 26 heavy (non-hydrogen) atoms. The molecule has 1 aliphatic heterocycles. The highest BCUT2D eigenvalue weighted by Gasteiger charge is 2.36. The van der Waals surface area contributed by atoms with Gasteiger partial charge in [-0.05, 0) is 44.7 Å². The quantitative estimate of drug-likeness (QED) is 0.721. The molecular formula is C19H23N7. The van der Waals surface area contributed by atoms with E-state index in [9.17, 15) is 0 Å². The number of piperidine rings is 1. The number of hydrogen-bond acceptors (Lipinski definition) is 6. The standard InChI is InChI=1S/C19H23N7/c1-14-12-19(22-13-21-14)26(15-2-3-15)16-6-9-24(10-7-16)18-5-4-17-20-8-11-25(17)23-18/h4-5,8,11-13,15-16H,2-3,6-7,9-10H2,1H3. The van der Waals surface area contributed by atoms with Gasteiger partial charge in [0.1, 0.15) is 18.0 Å². The summed E-state index contributed by atoms with van der Waals surface area (Å²) in [6.07, 6.45) is 10.2. The molecule has 0 radical (unpaired) electrons. The van der Waals surface area contributed by atoms with Gasteiger partial charge in [-0.2, -0.15) is 0 Å². The highest BCUT2D eigenvalue weighted by atomic mass is 15.3. The largest absolute Gasteiger partial charge is 0.355 e. The van der Waals surface area contributed by atoms with Crippen molar-refractivity contribution in [1.29, 1.82) is 0 Å². The van der Waals surface area contributed by atoms with Gasteiger partial charge in [0.05, 0.1) is 0 Å². The van der Waals surface area contributed by atoms with E-state index in [-0.39, 0.29) is 0 Å². The molecule has 1 saturated carbocycles. The van der Waals surface area contributed by atoms with Crippen molar-refractivity contribution in [3.8, 4) is 0 Å². The molecule has 0 bridgehead atoms. The van der Waals surface area contributed by atoms with E-state index in [0.717, 1.165) is 48.9 Å². The number of aromatic nitrogens is 5. The molecule has 134 valence electrons. The van der Waals surface area contributed by atoms with E-state index in [1.54, 1.807) is 12.5 Å². The maximum atomic E-state index is 4.69. The fraction of sp³-hybridized carbons (Fsp3) is 0.474. The number of anilines is 2. The molecule has 2 aliphatic rings. The molecule has 7 heteroatoms. The van der Waals surface area contributed by atoms with Gasteiger partial charge < -0.3 is 9.80 Å². The first-order valence-corrected chi connectivity index (χ1v) is 9.40. The van der Waals surface area contributed by atoms with Crippen molar-refractivity contribution in [2.75, 3.05) is 22.9 Å². The summed E-state index contributed by atoms with van der Waals surface area (Å²) in [5.41, 5.74) is 1.93. The molecule has 0 unspecified atom stereocenters. The van der Waals surface area contributed by atoms with Crippen LogP contribution in [0, 0.1) is 6.92 Å². The Kier molecular flexibility index (Phi) is 3.72. The van der Waals surface area contributed by atoms with Crippen molar-refractivity contribution in [1.82, 2.24) is 24.6 Å². The molecule has 5 rings (SSSR count). The van der Waals surface area contributed by atoms with Crippen LogP contribution in [0.1, 0.15) is 31.4 Å². The molecule has 0 atom stereocenters. The van der Waals surface area contributed by atoms with Crippen LogP contribution in [-0.4, -0.2) is 49.7 Å². The van der Waals surface area contributed by atoms with Gasteiger partial charge >= 0.3 is 0 Å². The van der Waals surface area contributed by atoms with Crippen molar-refractivity contribution in [3.63, 3.8) is 0 Å². The van der Waals surface area contributed by atoms with Crippen LogP contribution in [0.25, 0.3) is 5.65 Å². The fourth-order valence-electron chi connectivity index (χ4n) is 3.95. The Morgan fingerprint density at radius 3 is 2.58 bits per heavy atom. The second kappa shape index (κ2) is 6.23. The number of hydrogen-bond donors (Lipinski definition) is 0. The zero-order valence-corrected chi connectivity index (χ0v) is 15.0. The van der Waals surface area contributed by atoms with Crippen LogP contribution >= 0.6 is 0 Å². The minimum atomic E-state index is 0.546. The lowest BCUT2D eigenvalue weighted by atomic mass is 10.0. The van der Waals surface area contributed by atoms with Crippen LogP contribution < -0.4 is 9.80 Å². The molecule has 4 heterocycles. The van der Waals surface area contributed by atoms with Gasteiger partial charge in [0.25, 0.3) is 0 Å². The first-order valence-electron chi connectivity index (χ1n) is 9.40. The summed E-state index contributed by atoms with van der Waals surface area (Å²) in [4.78, 5) is 18.0. The zero-order valence-electron chi connectivity index (χ0n) is 15.0. The minimum absolute atomic E-state index is 0.546. The van der Waals surface area contributed by atoms with Crippen LogP contribution in [0.3, 0.4) is 0 Å². The van der Waals surface area contributed by atoms with E-state index >= 15 is 0 Å². The van der Waals surface area contributed by atoms with Crippen LogP contribution in [-0.2, 0) is 0 Å². The topological polar surface area (TPSA) is 62.5 Å². The van der Waals surface area contributed by atoms with E-state index in [1.807, 2.05) is 23.7 Å². The van der Waals surface area contributed by atoms with Crippen LogP contribution in [0.15, 0.2) is 36.9 Å². The second-order valence-electron chi connectivity index (χ2n) is 7.30. The number of rotatable bonds is 4. The van der Waals surface area contributed by atoms with Gasteiger partial charge in [-0.15, -0.1) is 5.10 Å². The summed E-state index contributed by atoms with van der Waals surface area (Å²) in [6, 6.07) is 7.44. The lowest BCUT2D eigenvalue weighted by molar-refractivity contribution is 0.456. The molecule has 0 N–H and O–H groups in total. The highest BCUT2D eigenvalue weighted by molar-refractivity contribution is 5.47. The molecule has 1 aliphatic carbocycles. The SMILES string of the molecule is Cc1cc(N(C2CC2)C2CCN(c3ccc4nccn4n3)CC2)ncn1. The smallest absolute Gasteiger partial charge is 0.153 e. The predicted octanol–water partition coefficient (Wildman–Crippen LogP) is 2.47. The van der Waals surface area contributed by atoms with Gasteiger partial charge in [-0.25, -0.2) is 19.5 Å². The Balaban J connectivity index is 1.32. The fourth-order valence-corrected chi connectivity index (χ4v) is 3.95. The lowest BCUT2D eigenvalue weighted by Gasteiger charge is -2.39. The molecule has 0 aromatic carbocycles. The van der Waals surface area contributed by atoms with E-state index in [2.05, 4.69) is 36.9 Å². The first kappa shape index (κ1) is 15.5. The Hall–Kier alpha value is -2.70. The maximum Gasteiger partial charge on any atom is 0.153 e. The summed E-state index contributed by atoms with van der Waals surface area (Å²) in [6.45, 7) is 4.08. The molecule has 3 aromatic heterocycles. The van der Waals surface area contributed by atoms with E-state index in [4.69, 9.17) is 5.10 Å². The lowest BCUT2D eigenvalue weighted by Crippen LogP contribution is -2.46. The molecule has 7 nitrogen and oxygen atoms in total. The van der Waals surface area contributed by atoms with Crippen molar-refractivity contribution >= 4 is 17.3 Å². The van der Waals surface area contributed by atoms with E-state index in [0.29, 0.717) is 12.1 Å². The summed E-state index contributed by atoms with van der Waals surface area (Å²) in [5, 5.41) is 4.69. The van der Waals surface area contributed by atoms with Crippen LogP contribution in [0.4, 0.5) is 11.6 Å². The van der Waals surface area contributed by atoms with Crippen molar-refractivity contribution in [2.24, 2.45) is 0 Å². The number of nitrogens with zero attached hydrogens (tertiary/aromatic N) is 7. The average molecular weight is 349 g/mol. The normalized spacial score (nSPS) is 18.4. The summed E-state index contributed by atoms with van der Waals surface area (Å²) >= 11 is 0. The van der Waals surface area contributed by atoms with Crippen LogP contribution in [0.2, 0.25) is 0 Å². The molecular weight excluding hydrogens is 326 g/mol. The Labute approximate surface area is 152 Å². The second-order valence-corrected chi connectivity index (χ2v) is 7.30. The maximum absolute atomic E-state index is 4.69. The molecule has 1 saturated heterocycles. The van der Waals surface area contributed by atoms with Gasteiger partial charge in [0.2, 0.25) is 0 Å². The van der Waals surface area contributed by atoms with Gasteiger partial charge in [0.15, 0.2) is 5.65 Å². The third-order valence-corrected chi connectivity index (χ3v) is 5.42. The molecule has 0 amide bonds. The minimum Gasteiger partial charge on any atom is -0.355 e. The first-order chi connectivity index (χ1) is 12.8. The molecule has 3 aromatic rings. The third-order valence-electron chi connectivity index (χ3n) is 5.42. The number of fused-ring (bicyclic) bond motifs is 1. The summed E-state index contributed by atoms with van der Waals surface area (Å²) in [7, 11) is 0. The zero-order chi connectivity index (χ0) is 17.5. The molecule has 2 fully saturated rings. The van der Waals surface area contributed by atoms with Crippen molar-refractivity contribution < 1.29 is 0 Å². The Morgan fingerprint density at radius 1 is 1.00 bits per heavy atom. The van der Waals surface area contributed by atoms with Gasteiger partial charge in [0, 0.05) is 49.3 Å². The van der Waals surface area contributed by atoms with Crippen LogP contribution in [0.5, 0.6) is 0 Å². The van der Waals surface area contributed by atoms with Crippen molar-refractivity contribution in [2.45, 2.75) is 44.7 Å². The monoisotopic (exact) mass is 349 g/mol. The van der Waals surface area contributed by atoms with Crippen molar-refractivity contribution in [3.05, 3.63) is 42.6 Å². The number of imidazole rings is 1. The summed E-state index contributed by atoms with van der Waals surface area (Å²) < 4.78 is 1.85. The third kappa shape index (κ3) is 2.87. The molecule has 0 spiro atoms. The van der Waals surface area contributed by atoms with E-state index < -0.39 is 0 Å². The van der Waals surface area contributed by atoms with E-state index in [1.165, 1.54) is 12.8 Å². The Bertz CT molecular complexity index is 909. The number of aryl methyl sites for hydroxylation is 1. The predicted molar refractivity (Wildman–Crippen MR) is 100 cm³/mol. The van der Waals surface area contributed by atoms with Gasteiger partial charge in [-0.3, -0.25) is 0 Å². The van der Waals surface area contributed by atoms with Gasteiger partial charge in [-0.1, -0.05) is 0 Å².